The first kappa shape index (κ1) is 23.9. The van der Waals surface area contributed by atoms with Crippen LogP contribution in [0.25, 0.3) is 22.3 Å². The third-order valence-electron chi connectivity index (χ3n) is 6.40. The van der Waals surface area contributed by atoms with Crippen LogP contribution >= 0.6 is 0 Å². The van der Waals surface area contributed by atoms with Crippen molar-refractivity contribution in [1.82, 2.24) is 24.7 Å². The largest absolute Gasteiger partial charge is 0.503 e. The molecule has 3 aromatic heterocycles. The summed E-state index contributed by atoms with van der Waals surface area (Å²) in [5.41, 5.74) is -2.90. The van der Waals surface area contributed by atoms with Gasteiger partial charge in [0.1, 0.15) is 5.69 Å². The molecule has 1 aliphatic heterocycles. The molecule has 4 heterocycles. The van der Waals surface area contributed by atoms with Gasteiger partial charge in [0.15, 0.2) is 23.0 Å². The van der Waals surface area contributed by atoms with Crippen LogP contribution in [0.4, 0.5) is 27.9 Å². The van der Waals surface area contributed by atoms with Crippen LogP contribution in [0.1, 0.15) is 24.0 Å². The highest BCUT2D eigenvalue weighted by Crippen LogP contribution is 2.41. The minimum absolute atomic E-state index is 0.115. The number of rotatable bonds is 3. The molecule has 2 N–H and O–H groups in total. The van der Waals surface area contributed by atoms with Gasteiger partial charge in [-0.05, 0) is 36.6 Å². The molecule has 13 heteroatoms. The molecule has 0 amide bonds. The molecular weight excluding hydrogens is 487 g/mol. The van der Waals surface area contributed by atoms with E-state index in [0.29, 0.717) is 31.9 Å². The van der Waals surface area contributed by atoms with Crippen LogP contribution in [0.3, 0.4) is 0 Å². The topological polar surface area (TPSA) is 100 Å². The van der Waals surface area contributed by atoms with E-state index in [9.17, 15) is 32.2 Å². The number of aryl methyl sites for hydroxylation is 1. The first-order valence-electron chi connectivity index (χ1n) is 10.9. The lowest BCUT2D eigenvalue weighted by molar-refractivity contribution is -0.140. The molecule has 1 saturated heterocycles. The molecule has 0 spiro atoms. The first-order valence-corrected chi connectivity index (χ1v) is 10.9. The van der Waals surface area contributed by atoms with Gasteiger partial charge in [0.25, 0.3) is 0 Å². The van der Waals surface area contributed by atoms with Gasteiger partial charge >= 0.3 is 6.18 Å². The first-order chi connectivity index (χ1) is 17.0. The summed E-state index contributed by atoms with van der Waals surface area (Å²) in [5, 5.41) is 24.9. The number of hydrogen-bond donors (Lipinski definition) is 2. The van der Waals surface area contributed by atoms with Gasteiger partial charge in [0.2, 0.25) is 5.95 Å². The van der Waals surface area contributed by atoms with Crippen molar-refractivity contribution in [1.29, 1.82) is 0 Å². The summed E-state index contributed by atoms with van der Waals surface area (Å²) in [5.74, 6) is -5.12. The van der Waals surface area contributed by atoms with Crippen molar-refractivity contribution in [2.45, 2.75) is 24.6 Å². The number of benzene rings is 1. The lowest BCUT2D eigenvalue weighted by Crippen LogP contribution is -2.43. The average molecular weight is 506 g/mol. The number of hydrogen-bond acceptors (Lipinski definition) is 7. The second-order valence-electron chi connectivity index (χ2n) is 8.58. The zero-order chi connectivity index (χ0) is 25.8. The van der Waals surface area contributed by atoms with Gasteiger partial charge in [0.05, 0.1) is 16.6 Å². The van der Waals surface area contributed by atoms with E-state index in [1.165, 1.54) is 17.9 Å². The summed E-state index contributed by atoms with van der Waals surface area (Å²) in [4.78, 5) is 14.5. The normalized spacial score (nSPS) is 16.0. The highest BCUT2D eigenvalue weighted by Gasteiger charge is 2.38. The Kier molecular flexibility index (Phi) is 5.54. The van der Waals surface area contributed by atoms with E-state index in [4.69, 9.17) is 0 Å². The molecule has 188 valence electrons. The Morgan fingerprint density at radius 2 is 1.72 bits per heavy atom. The summed E-state index contributed by atoms with van der Waals surface area (Å²) in [6, 6.07) is 3.78. The van der Waals surface area contributed by atoms with Crippen LogP contribution in [0.2, 0.25) is 0 Å². The number of anilines is 1. The predicted octanol–water partition coefficient (Wildman–Crippen LogP) is 3.92. The van der Waals surface area contributed by atoms with E-state index < -0.39 is 40.3 Å². The summed E-state index contributed by atoms with van der Waals surface area (Å²) < 4.78 is 69.5. The van der Waals surface area contributed by atoms with E-state index in [-0.39, 0.29) is 22.8 Å². The molecule has 4 aromatic rings. The van der Waals surface area contributed by atoms with Crippen molar-refractivity contribution in [2.24, 2.45) is 7.05 Å². The molecule has 5 rings (SSSR count). The summed E-state index contributed by atoms with van der Waals surface area (Å²) in [6.45, 7) is 0.842. The van der Waals surface area contributed by atoms with Crippen molar-refractivity contribution in [2.75, 3.05) is 18.0 Å². The highest BCUT2D eigenvalue weighted by molar-refractivity contribution is 5.91. The Morgan fingerprint density at radius 3 is 2.36 bits per heavy atom. The number of halogens is 5. The molecule has 0 unspecified atom stereocenters. The fourth-order valence-electron chi connectivity index (χ4n) is 4.41. The Bertz CT molecular complexity index is 1450. The Labute approximate surface area is 200 Å². The van der Waals surface area contributed by atoms with Gasteiger partial charge in [0, 0.05) is 44.3 Å². The second-order valence-corrected chi connectivity index (χ2v) is 8.58. The van der Waals surface area contributed by atoms with Crippen molar-refractivity contribution in [3.63, 3.8) is 0 Å². The number of aromatic hydroxyl groups is 1. The average Bonchev–Trinajstić information content (AvgIpc) is 3.18. The molecule has 0 bridgehead atoms. The molecule has 0 aliphatic carbocycles. The maximum atomic E-state index is 14.7. The Hall–Kier alpha value is -3.87. The van der Waals surface area contributed by atoms with E-state index in [2.05, 4.69) is 20.1 Å². The second kappa shape index (κ2) is 8.36. The molecule has 0 atom stereocenters. The highest BCUT2D eigenvalue weighted by atomic mass is 19.4. The maximum absolute atomic E-state index is 14.7. The minimum atomic E-state index is -5.16. The van der Waals surface area contributed by atoms with E-state index in [1.54, 1.807) is 24.5 Å². The van der Waals surface area contributed by atoms with Crippen molar-refractivity contribution < 1.29 is 32.2 Å². The van der Waals surface area contributed by atoms with E-state index in [1.807, 2.05) is 4.90 Å². The quantitative estimate of drug-likeness (QED) is 0.407. The number of phenols is 1. The van der Waals surface area contributed by atoms with Crippen molar-refractivity contribution in [3.05, 3.63) is 59.6 Å². The number of piperidine rings is 1. The van der Waals surface area contributed by atoms with Crippen molar-refractivity contribution in [3.8, 4) is 17.0 Å². The molecule has 36 heavy (non-hydrogen) atoms. The van der Waals surface area contributed by atoms with Gasteiger partial charge in [-0.15, -0.1) is 0 Å². The van der Waals surface area contributed by atoms with Gasteiger partial charge in [-0.25, -0.2) is 18.4 Å². The Balaban J connectivity index is 1.49. The summed E-state index contributed by atoms with van der Waals surface area (Å²) in [7, 11) is 1.47. The van der Waals surface area contributed by atoms with Crippen molar-refractivity contribution >= 4 is 17.0 Å². The Morgan fingerprint density at radius 1 is 1.06 bits per heavy atom. The molecule has 1 fully saturated rings. The minimum Gasteiger partial charge on any atom is -0.503 e. The predicted molar refractivity (Wildman–Crippen MR) is 118 cm³/mol. The number of alkyl halides is 3. The lowest BCUT2D eigenvalue weighted by Gasteiger charge is -2.38. The number of aliphatic hydroxyl groups is 1. The molecule has 8 nitrogen and oxygen atoms in total. The lowest BCUT2D eigenvalue weighted by atomic mass is 9.85. The van der Waals surface area contributed by atoms with Crippen LogP contribution in [0, 0.1) is 11.6 Å². The molecule has 1 aromatic carbocycles. The van der Waals surface area contributed by atoms with Crippen LogP contribution < -0.4 is 4.90 Å². The van der Waals surface area contributed by atoms with Gasteiger partial charge in [-0.3, -0.25) is 4.98 Å². The zero-order valence-corrected chi connectivity index (χ0v) is 18.8. The van der Waals surface area contributed by atoms with Gasteiger partial charge < -0.3 is 15.1 Å². The molecule has 1 aliphatic rings. The third kappa shape index (κ3) is 3.88. The standard InChI is InChI=1S/C23H19F5N6O2/c1-33-20-14(18(32-33)13-10-15(23(26,27)28)17(25)19(35)16(13)24)11-30-21(31-20)34-8-4-22(36,5-9-34)12-2-6-29-7-3-12/h2-3,6-7,10-11,35-36H,4-5,8-9H2,1H3. The fourth-order valence-corrected chi connectivity index (χ4v) is 4.41. The number of aromatic nitrogens is 5. The zero-order valence-electron chi connectivity index (χ0n) is 18.8. The third-order valence-corrected chi connectivity index (χ3v) is 6.40. The monoisotopic (exact) mass is 506 g/mol. The smallest absolute Gasteiger partial charge is 0.419 e. The van der Waals surface area contributed by atoms with E-state index in [0.717, 1.165) is 5.56 Å². The number of phenolic OH excluding ortho intramolecular Hbond substituents is 1. The summed E-state index contributed by atoms with van der Waals surface area (Å²) >= 11 is 0. The van der Waals surface area contributed by atoms with Crippen LogP contribution in [-0.4, -0.2) is 48.0 Å². The maximum Gasteiger partial charge on any atom is 0.419 e. The molecule has 0 radical (unpaired) electrons. The number of fused-ring (bicyclic) bond motifs is 1. The SMILES string of the molecule is Cn1nc(-c2cc(C(F)(F)F)c(F)c(O)c2F)c2cnc(N3CCC(O)(c4ccncc4)CC3)nc21. The number of nitrogens with zero attached hydrogens (tertiary/aromatic N) is 6. The van der Waals surface area contributed by atoms with Gasteiger partial charge in [-0.2, -0.15) is 23.3 Å². The summed E-state index contributed by atoms with van der Waals surface area (Å²) in [6.07, 6.45) is 0.141. The van der Waals surface area contributed by atoms with Crippen LogP contribution in [0.15, 0.2) is 36.8 Å². The number of pyridine rings is 1. The fraction of sp³-hybridized carbons (Fsp3) is 0.304. The van der Waals surface area contributed by atoms with Crippen LogP contribution in [0.5, 0.6) is 5.75 Å². The van der Waals surface area contributed by atoms with Crippen LogP contribution in [-0.2, 0) is 18.8 Å². The molecule has 0 saturated carbocycles. The van der Waals surface area contributed by atoms with Gasteiger partial charge in [-0.1, -0.05) is 0 Å². The van der Waals surface area contributed by atoms with E-state index >= 15 is 0 Å². The molecular formula is C23H19F5N6O2.